The highest BCUT2D eigenvalue weighted by Crippen LogP contribution is 2.44. The molecule has 4 aliphatic rings. The van der Waals surface area contributed by atoms with E-state index in [1.807, 2.05) is 7.10 Å². The summed E-state index contributed by atoms with van der Waals surface area (Å²) < 4.78 is 4.01. The standard InChI is InChI=1S/C32H8Cl8N8.Al.H2O/c33-17-1-9-10(2-18(17)34)26-41-25(9)45-27-11-3-19(35)20(36)4-12(11)29(42-27)47-31-15-7-23(39)24(40)8-16(15)32(44-31)48-30-14-6-22(38)21(37)5-13(14)28(43-30)46-26;;/h1-8H;;1H2/q-2;+2;. The van der Waals surface area contributed by atoms with Crippen LogP contribution in [0.5, 0.6) is 0 Å². The van der Waals surface area contributed by atoms with Gasteiger partial charge in [0.2, 0.25) is 0 Å². The molecule has 0 saturated heterocycles. The Bertz CT molecular complexity index is 2720. The average Bonchev–Trinajstić information content (AvgIpc) is 3.72. The first-order valence-corrected chi connectivity index (χ1v) is 18.3. The molecule has 0 saturated carbocycles. The van der Waals surface area contributed by atoms with E-state index in [0.29, 0.717) is 130 Å². The maximum Gasteiger partial charge on any atom is 0.568 e. The molecule has 4 aliphatic heterocycles. The Morgan fingerprint density at radius 2 is 0.660 bits per heavy atom. The van der Waals surface area contributed by atoms with Crippen molar-refractivity contribution < 1.29 is 5.48 Å². The van der Waals surface area contributed by atoms with Gasteiger partial charge in [-0.1, -0.05) is 92.8 Å². The van der Waals surface area contributed by atoms with E-state index >= 15 is 0 Å². The predicted molar refractivity (Wildman–Crippen MR) is 205 cm³/mol. The van der Waals surface area contributed by atoms with Crippen LogP contribution in [0.2, 0.25) is 40.2 Å². The van der Waals surface area contributed by atoms with Gasteiger partial charge in [-0.25, -0.2) is 30.0 Å². The zero-order valence-corrected chi connectivity index (χ0v) is 31.5. The summed E-state index contributed by atoms with van der Waals surface area (Å²) in [5, 5.41) is 5.54. The minimum atomic E-state index is -0.967. The van der Waals surface area contributed by atoms with Gasteiger partial charge in [0.05, 0.1) is 40.2 Å². The molecular weight excluding hydrogens is 823 g/mol. The van der Waals surface area contributed by atoms with Crippen molar-refractivity contribution in [1.29, 1.82) is 0 Å². The maximum absolute atomic E-state index is 6.65. The topological polar surface area (TPSA) is 116 Å². The first-order valence-electron chi connectivity index (χ1n) is 14.2. The van der Waals surface area contributed by atoms with Gasteiger partial charge in [0.15, 0.2) is 23.3 Å². The van der Waals surface area contributed by atoms with Crippen LogP contribution < -0.4 is 11.0 Å². The molecule has 18 heteroatoms. The van der Waals surface area contributed by atoms with E-state index in [1.54, 1.807) is 48.5 Å². The second-order valence-corrected chi connectivity index (χ2v) is 15.9. The fourth-order valence-corrected chi connectivity index (χ4v) is 9.13. The van der Waals surface area contributed by atoms with E-state index < -0.39 is 15.7 Å². The van der Waals surface area contributed by atoms with Crippen molar-refractivity contribution >= 4 is 165 Å². The third-order valence-corrected chi connectivity index (χ3v) is 12.9. The third-order valence-electron chi connectivity index (χ3n) is 8.58. The van der Waals surface area contributed by atoms with Gasteiger partial charge in [-0.3, -0.25) is 0 Å². The molecular formula is C32H10AlCl8N8O. The van der Waals surface area contributed by atoms with Crippen LogP contribution >= 0.6 is 92.8 Å². The normalized spacial score (nSPS) is 14.8. The number of benzene rings is 4. The van der Waals surface area contributed by atoms with Crippen LogP contribution in [0.3, 0.4) is 0 Å². The van der Waals surface area contributed by atoms with E-state index in [-0.39, 0.29) is 5.48 Å². The number of hydrogen-bond acceptors (Lipinski definition) is 6. The zero-order valence-electron chi connectivity index (χ0n) is 24.3. The highest BCUT2D eigenvalue weighted by Gasteiger charge is 2.32. The summed E-state index contributed by atoms with van der Waals surface area (Å²) in [6, 6.07) is 14.0. The van der Waals surface area contributed by atoms with Crippen LogP contribution in [0.1, 0.15) is 22.3 Å². The lowest BCUT2D eigenvalue weighted by Gasteiger charge is -2.11. The molecule has 0 aliphatic carbocycles. The largest absolute Gasteiger partial charge is 0.568 e. The van der Waals surface area contributed by atoms with Crippen LogP contribution in [0.15, 0.2) is 78.5 Å². The van der Waals surface area contributed by atoms with Crippen LogP contribution in [-0.2, 0) is 0 Å². The molecule has 0 amide bonds. The lowest BCUT2D eigenvalue weighted by molar-refractivity contribution is 0.824. The molecule has 0 atom stereocenters. The van der Waals surface area contributed by atoms with Gasteiger partial charge in [-0.2, -0.15) is 0 Å². The second-order valence-electron chi connectivity index (χ2n) is 11.4. The fraction of sp³-hybridized carbons (Fsp3) is 0. The summed E-state index contributed by atoms with van der Waals surface area (Å²) in [6.45, 7) is 0. The van der Waals surface area contributed by atoms with Crippen molar-refractivity contribution in [2.75, 3.05) is 0 Å². The Morgan fingerprint density at radius 1 is 0.360 bits per heavy atom. The summed E-state index contributed by atoms with van der Waals surface area (Å²) in [7, 11) is 0. The number of amidine groups is 4. The SMILES string of the molecule is Clc1cc2c(cc1Cl)C1=Nc3c4cc(Cl)c(Cl)cc4c4[n]3[Al][n]3c(c5cc(Cl)c(Cl)cc5c3=NC3=NC(=N4)c4cc(Cl)c(Cl)cc43)=NC2=N1.O. The Labute approximate surface area is 326 Å². The second kappa shape index (κ2) is 11.5. The summed E-state index contributed by atoms with van der Waals surface area (Å²) >= 11 is 51.8. The molecule has 1 radical (unpaired) electrons. The number of rotatable bonds is 0. The first kappa shape index (κ1) is 32.9. The number of fused-ring (bicyclic) bond motifs is 14. The number of aromatic nitrogens is 2. The highest BCUT2D eigenvalue weighted by molar-refractivity contribution is 6.46. The van der Waals surface area contributed by atoms with Crippen molar-refractivity contribution in [3.8, 4) is 0 Å². The van der Waals surface area contributed by atoms with Crippen LogP contribution in [0.4, 0.5) is 11.6 Å². The lowest BCUT2D eigenvalue weighted by atomic mass is 10.1. The van der Waals surface area contributed by atoms with Crippen molar-refractivity contribution in [3.05, 3.63) is 122 Å². The monoisotopic (exact) mass is 829 g/mol. The highest BCUT2D eigenvalue weighted by atomic mass is 35.5. The molecule has 0 fully saturated rings. The fourth-order valence-electron chi connectivity index (χ4n) is 6.36. The number of aliphatic imine (C=N–C) groups is 4. The van der Waals surface area contributed by atoms with E-state index in [0.717, 1.165) is 0 Å². The van der Waals surface area contributed by atoms with E-state index in [9.17, 15) is 0 Å². The third kappa shape index (κ3) is 4.65. The summed E-state index contributed by atoms with van der Waals surface area (Å²) in [4.78, 5) is 30.5. The quantitative estimate of drug-likeness (QED) is 0.136. The minimum Gasteiger partial charge on any atom is -0.412 e. The van der Waals surface area contributed by atoms with Crippen LogP contribution in [0.25, 0.3) is 21.5 Å². The Kier molecular flexibility index (Phi) is 7.59. The molecule has 6 bridgehead atoms. The molecule has 9 nitrogen and oxygen atoms in total. The predicted octanol–water partition coefficient (Wildman–Crippen LogP) is 8.87. The van der Waals surface area contributed by atoms with E-state index in [2.05, 4.69) is 0 Å². The molecule has 6 heterocycles. The smallest absolute Gasteiger partial charge is 0.412 e. The number of halogens is 8. The Hall–Kier alpha value is -2.95. The van der Waals surface area contributed by atoms with Crippen molar-refractivity contribution in [2.45, 2.75) is 0 Å². The van der Waals surface area contributed by atoms with Gasteiger partial charge in [0, 0.05) is 43.8 Å². The maximum atomic E-state index is 6.65. The van der Waals surface area contributed by atoms with Crippen molar-refractivity contribution in [3.63, 3.8) is 0 Å². The lowest BCUT2D eigenvalue weighted by Crippen LogP contribution is -2.36. The molecule has 0 spiro atoms. The van der Waals surface area contributed by atoms with Crippen molar-refractivity contribution in [2.24, 2.45) is 30.0 Å². The number of nitrogens with zero attached hydrogens (tertiary/aromatic N) is 8. The van der Waals surface area contributed by atoms with E-state index in [1.165, 1.54) is 0 Å². The first-order chi connectivity index (χ1) is 23.5. The van der Waals surface area contributed by atoms with Gasteiger partial charge < -0.3 is 12.6 Å². The molecule has 6 aromatic rings. The molecule has 50 heavy (non-hydrogen) atoms. The molecule has 10 rings (SSSR count). The van der Waals surface area contributed by atoms with Gasteiger partial charge >= 0.3 is 15.7 Å². The summed E-state index contributed by atoms with van der Waals surface area (Å²) in [5.41, 5.74) is 3.68. The number of hydrogen-bond donors (Lipinski definition) is 0. The summed E-state index contributed by atoms with van der Waals surface area (Å²) in [6.07, 6.45) is 0. The van der Waals surface area contributed by atoms with Gasteiger partial charge in [-0.15, -0.1) is 0 Å². The Balaban J connectivity index is 0.00000336. The average molecular weight is 833 g/mol. The molecule has 2 aromatic heterocycles. The minimum absolute atomic E-state index is 0. The molecule has 243 valence electrons. The van der Waals surface area contributed by atoms with Gasteiger partial charge in [0.25, 0.3) is 0 Å². The Morgan fingerprint density at radius 3 is 1.02 bits per heavy atom. The van der Waals surface area contributed by atoms with E-state index in [4.69, 9.17) is 123 Å². The van der Waals surface area contributed by atoms with Crippen LogP contribution in [-0.4, -0.2) is 51.6 Å². The molecule has 2 N–H and O–H groups in total. The van der Waals surface area contributed by atoms with Gasteiger partial charge in [-0.05, 0) is 48.5 Å². The van der Waals surface area contributed by atoms with Crippen molar-refractivity contribution in [1.82, 2.24) is 7.10 Å². The summed E-state index contributed by atoms with van der Waals surface area (Å²) in [5.74, 6) is 2.59. The molecule has 0 unspecified atom stereocenters. The molecule has 4 aromatic carbocycles. The van der Waals surface area contributed by atoms with Crippen LogP contribution in [0, 0.1) is 0 Å². The zero-order chi connectivity index (χ0) is 33.6. The van der Waals surface area contributed by atoms with Gasteiger partial charge in [0.1, 0.15) is 22.6 Å².